The van der Waals surface area contributed by atoms with Crippen LogP contribution in [-0.4, -0.2) is 59.6 Å². The van der Waals surface area contributed by atoms with Crippen LogP contribution in [0.4, 0.5) is 4.79 Å². The number of rotatable bonds is 5. The van der Waals surface area contributed by atoms with E-state index in [-0.39, 0.29) is 23.3 Å². The summed E-state index contributed by atoms with van der Waals surface area (Å²) in [4.78, 5) is 14.1. The number of urea groups is 1. The van der Waals surface area contributed by atoms with Crippen molar-refractivity contribution in [1.29, 1.82) is 0 Å². The van der Waals surface area contributed by atoms with E-state index in [0.717, 1.165) is 22.6 Å². The normalized spacial score (nSPS) is 15.3. The first-order valence-corrected chi connectivity index (χ1v) is 11.9. The van der Waals surface area contributed by atoms with Gasteiger partial charge in [-0.05, 0) is 24.3 Å². The van der Waals surface area contributed by atoms with Crippen LogP contribution in [0, 0.1) is 0 Å². The molecule has 3 heterocycles. The second kappa shape index (κ2) is 8.76. The number of para-hydroxylation sites is 1. The smallest absolute Gasteiger partial charge is 0.317 e. The average molecular weight is 466 g/mol. The summed E-state index contributed by atoms with van der Waals surface area (Å²) in [6.45, 7) is 1.49. The highest BCUT2D eigenvalue weighted by Gasteiger charge is 2.31. The highest BCUT2D eigenvalue weighted by molar-refractivity contribution is 7.91. The van der Waals surface area contributed by atoms with E-state index in [0.29, 0.717) is 24.0 Å². The maximum atomic E-state index is 12.7. The molecule has 1 saturated heterocycles. The number of hydrogen-bond donors (Lipinski definition) is 1. The number of carbonyl (C=O) groups excluding carboxylic acids is 1. The van der Waals surface area contributed by atoms with E-state index in [4.69, 9.17) is 11.6 Å². The van der Waals surface area contributed by atoms with Gasteiger partial charge in [-0.2, -0.15) is 9.40 Å². The molecule has 0 saturated carbocycles. The summed E-state index contributed by atoms with van der Waals surface area (Å²) in [5.74, 6) is 0. The molecule has 158 valence electrons. The molecule has 3 aromatic rings. The number of nitrogens with one attached hydrogen (secondary N) is 1. The van der Waals surface area contributed by atoms with Gasteiger partial charge in [0.1, 0.15) is 4.21 Å². The Bertz CT molecular complexity index is 1120. The number of thiophene rings is 1. The number of amides is 2. The van der Waals surface area contributed by atoms with E-state index >= 15 is 0 Å². The number of sulfonamides is 1. The van der Waals surface area contributed by atoms with E-state index < -0.39 is 10.0 Å². The van der Waals surface area contributed by atoms with E-state index in [1.165, 1.54) is 10.4 Å². The molecule has 8 nitrogen and oxygen atoms in total. The third-order valence-corrected chi connectivity index (χ3v) is 8.37. The lowest BCUT2D eigenvalue weighted by atomic mass is 10.3. The van der Waals surface area contributed by atoms with Crippen LogP contribution in [0.2, 0.25) is 4.34 Å². The third kappa shape index (κ3) is 4.51. The van der Waals surface area contributed by atoms with Gasteiger partial charge in [0.05, 0.1) is 16.2 Å². The average Bonchev–Trinajstić information content (AvgIpc) is 3.42. The quantitative estimate of drug-likeness (QED) is 0.627. The minimum Gasteiger partial charge on any atom is -0.334 e. The van der Waals surface area contributed by atoms with Crippen LogP contribution in [0.3, 0.4) is 0 Å². The molecule has 1 aliphatic heterocycles. The summed E-state index contributed by atoms with van der Waals surface area (Å²) < 4.78 is 29.1. The summed E-state index contributed by atoms with van der Waals surface area (Å²) >= 11 is 6.90. The molecule has 11 heteroatoms. The van der Waals surface area contributed by atoms with Gasteiger partial charge in [0.2, 0.25) is 0 Å². The van der Waals surface area contributed by atoms with Crippen LogP contribution in [-0.2, 0) is 16.6 Å². The monoisotopic (exact) mass is 465 g/mol. The van der Waals surface area contributed by atoms with Crippen LogP contribution >= 0.6 is 22.9 Å². The first kappa shape index (κ1) is 20.9. The lowest BCUT2D eigenvalue weighted by Gasteiger charge is -2.33. The Balaban J connectivity index is 1.29. The van der Waals surface area contributed by atoms with Crippen molar-refractivity contribution >= 4 is 39.0 Å². The zero-order chi connectivity index (χ0) is 21.1. The Morgan fingerprint density at radius 3 is 2.50 bits per heavy atom. The second-order valence-electron chi connectivity index (χ2n) is 6.74. The maximum Gasteiger partial charge on any atom is 0.317 e. The number of hydrogen-bond acceptors (Lipinski definition) is 5. The fourth-order valence-electron chi connectivity index (χ4n) is 3.16. The van der Waals surface area contributed by atoms with Crippen molar-refractivity contribution in [3.8, 4) is 5.69 Å². The van der Waals surface area contributed by atoms with Crippen LogP contribution in [0.15, 0.2) is 59.1 Å². The molecule has 2 aromatic heterocycles. The molecule has 1 aromatic carbocycles. The Hall–Kier alpha value is -2.40. The van der Waals surface area contributed by atoms with Crippen LogP contribution in [0.5, 0.6) is 0 Å². The predicted octanol–water partition coefficient (Wildman–Crippen LogP) is 2.80. The molecule has 4 rings (SSSR count). The van der Waals surface area contributed by atoms with Gasteiger partial charge in [0, 0.05) is 44.5 Å². The fourth-order valence-corrected chi connectivity index (χ4v) is 6.22. The van der Waals surface area contributed by atoms with Crippen molar-refractivity contribution in [2.75, 3.05) is 26.2 Å². The van der Waals surface area contributed by atoms with Crippen molar-refractivity contribution in [2.45, 2.75) is 10.8 Å². The van der Waals surface area contributed by atoms with E-state index in [1.54, 1.807) is 21.8 Å². The van der Waals surface area contributed by atoms with Gasteiger partial charge >= 0.3 is 6.03 Å². The zero-order valence-corrected chi connectivity index (χ0v) is 18.3. The van der Waals surface area contributed by atoms with Crippen molar-refractivity contribution in [3.05, 3.63) is 64.8 Å². The maximum absolute atomic E-state index is 12.7. The van der Waals surface area contributed by atoms with Gasteiger partial charge in [0.25, 0.3) is 10.0 Å². The molecule has 0 bridgehead atoms. The van der Waals surface area contributed by atoms with Gasteiger partial charge in [-0.15, -0.1) is 11.3 Å². The number of piperazine rings is 1. The summed E-state index contributed by atoms with van der Waals surface area (Å²) in [7, 11) is -3.57. The summed E-state index contributed by atoms with van der Waals surface area (Å²) in [6, 6.07) is 12.6. The van der Waals surface area contributed by atoms with Gasteiger partial charge in [-0.3, -0.25) is 0 Å². The van der Waals surface area contributed by atoms with Crippen molar-refractivity contribution in [1.82, 2.24) is 24.3 Å². The molecule has 0 atom stereocenters. The Morgan fingerprint density at radius 2 is 1.83 bits per heavy atom. The number of carbonyl (C=O) groups is 1. The first-order valence-electron chi connectivity index (χ1n) is 9.31. The molecule has 2 amide bonds. The molecular weight excluding hydrogens is 446 g/mol. The molecule has 1 aliphatic rings. The van der Waals surface area contributed by atoms with E-state index in [1.807, 2.05) is 36.5 Å². The Morgan fingerprint density at radius 1 is 1.10 bits per heavy atom. The van der Waals surface area contributed by atoms with E-state index in [9.17, 15) is 13.2 Å². The molecule has 1 fully saturated rings. The van der Waals surface area contributed by atoms with Crippen molar-refractivity contribution < 1.29 is 13.2 Å². The molecule has 0 unspecified atom stereocenters. The van der Waals surface area contributed by atoms with E-state index in [2.05, 4.69) is 10.4 Å². The number of halogens is 1. The highest BCUT2D eigenvalue weighted by atomic mass is 35.5. The van der Waals surface area contributed by atoms with Gasteiger partial charge < -0.3 is 10.2 Å². The zero-order valence-electron chi connectivity index (χ0n) is 15.9. The lowest BCUT2D eigenvalue weighted by molar-refractivity contribution is 0.172. The van der Waals surface area contributed by atoms with Crippen LogP contribution in [0.25, 0.3) is 5.69 Å². The minimum atomic E-state index is -3.57. The number of benzene rings is 1. The predicted molar refractivity (Wildman–Crippen MR) is 115 cm³/mol. The van der Waals surface area contributed by atoms with Crippen LogP contribution in [0.1, 0.15) is 5.56 Å². The molecule has 0 radical (unpaired) electrons. The minimum absolute atomic E-state index is 0.223. The van der Waals surface area contributed by atoms with Crippen LogP contribution < -0.4 is 5.32 Å². The molecule has 30 heavy (non-hydrogen) atoms. The summed E-state index contributed by atoms with van der Waals surface area (Å²) in [6.07, 6.45) is 3.58. The van der Waals surface area contributed by atoms with Gasteiger partial charge in [0.15, 0.2) is 0 Å². The van der Waals surface area contributed by atoms with Gasteiger partial charge in [-0.25, -0.2) is 17.9 Å². The fraction of sp³-hybridized carbons (Fsp3) is 0.263. The number of nitrogens with zero attached hydrogens (tertiary/aromatic N) is 4. The third-order valence-electron chi connectivity index (χ3n) is 4.77. The highest BCUT2D eigenvalue weighted by Crippen LogP contribution is 2.28. The SMILES string of the molecule is O=C(NCc1cnn(-c2ccccc2)c1)N1CCN(S(=O)(=O)c2ccc(Cl)s2)CC1. The van der Waals surface area contributed by atoms with Crippen molar-refractivity contribution in [3.63, 3.8) is 0 Å². The molecule has 1 N–H and O–H groups in total. The molecule has 0 aliphatic carbocycles. The first-order chi connectivity index (χ1) is 14.4. The Kier molecular flexibility index (Phi) is 6.09. The molecule has 0 spiro atoms. The second-order valence-corrected chi connectivity index (χ2v) is 10.6. The lowest BCUT2D eigenvalue weighted by Crippen LogP contribution is -2.52. The topological polar surface area (TPSA) is 87.5 Å². The largest absolute Gasteiger partial charge is 0.334 e. The van der Waals surface area contributed by atoms with Crippen molar-refractivity contribution in [2.24, 2.45) is 0 Å². The molecular formula is C19H20ClN5O3S2. The summed E-state index contributed by atoms with van der Waals surface area (Å²) in [5, 5.41) is 7.19. The Labute approximate surface area is 183 Å². The van der Waals surface area contributed by atoms with Gasteiger partial charge in [-0.1, -0.05) is 29.8 Å². The number of aromatic nitrogens is 2. The summed E-state index contributed by atoms with van der Waals surface area (Å²) in [5.41, 5.74) is 1.82. The standard InChI is InChI=1S/C19H20ClN5O3S2/c20-17-6-7-18(29-17)30(27,28)24-10-8-23(9-11-24)19(26)21-12-15-13-22-25(14-15)16-4-2-1-3-5-16/h1-7,13-14H,8-12H2,(H,21,26).